The zero-order chi connectivity index (χ0) is 54.8. The molecule has 4 amide bonds. The SMILES string of the molecule is C=C/C(=C\C=C/C)COC(=O)Cc1cncc(-c2cc(-c3cc(CN(C)C)ccn3)c3nc(NC(=O)NCC)[nH]c3c2)c1.CCNC(=O)Nc1nc2c(-c3cc(CNC)ccn3)cc(-c3cncc(CC(=O)O)c3)cc2[nH]1. The van der Waals surface area contributed by atoms with Crippen LogP contribution in [0.1, 0.15) is 43.0 Å². The number of amides is 4. The number of hydrogen-bond acceptors (Lipinski definition) is 13. The van der Waals surface area contributed by atoms with E-state index in [2.05, 4.69) is 77.9 Å². The van der Waals surface area contributed by atoms with Gasteiger partial charge in [0.25, 0.3) is 0 Å². The predicted octanol–water partition coefficient (Wildman–Crippen LogP) is 8.84. The van der Waals surface area contributed by atoms with Gasteiger partial charge in [0.1, 0.15) is 6.61 Å². The quantitative estimate of drug-likeness (QED) is 0.0262. The van der Waals surface area contributed by atoms with Gasteiger partial charge in [0.2, 0.25) is 11.9 Å². The fourth-order valence-electron chi connectivity index (χ4n) is 8.16. The number of nitrogens with zero attached hydrogens (tertiary/aromatic N) is 7. The number of aromatic nitrogens is 8. The van der Waals surface area contributed by atoms with Gasteiger partial charge in [-0.2, -0.15) is 0 Å². The molecule has 396 valence electrons. The average molecular weight is 1040 g/mol. The molecule has 20 nitrogen and oxygen atoms in total. The van der Waals surface area contributed by atoms with Crippen molar-refractivity contribution in [3.8, 4) is 44.8 Å². The molecule has 0 fully saturated rings. The molecule has 77 heavy (non-hydrogen) atoms. The molecule has 8 N–H and O–H groups in total. The highest BCUT2D eigenvalue weighted by molar-refractivity contribution is 5.99. The molecule has 8 rings (SSSR count). The van der Waals surface area contributed by atoms with Crippen molar-refractivity contribution in [3.63, 3.8) is 0 Å². The maximum atomic E-state index is 12.6. The van der Waals surface area contributed by atoms with Gasteiger partial charge >= 0.3 is 24.0 Å². The third-order valence-corrected chi connectivity index (χ3v) is 11.5. The first-order valence-corrected chi connectivity index (χ1v) is 24.8. The van der Waals surface area contributed by atoms with Gasteiger partial charge in [-0.1, -0.05) is 30.9 Å². The highest BCUT2D eigenvalue weighted by Crippen LogP contribution is 2.35. The molecule has 6 heterocycles. The van der Waals surface area contributed by atoms with Crippen molar-refractivity contribution < 1.29 is 29.0 Å². The Labute approximate surface area is 445 Å². The molecule has 0 saturated heterocycles. The van der Waals surface area contributed by atoms with E-state index in [4.69, 9.17) is 9.84 Å². The number of fused-ring (bicyclic) bond motifs is 2. The number of esters is 1. The second-order valence-electron chi connectivity index (χ2n) is 17.9. The molecule has 0 radical (unpaired) electrons. The Morgan fingerprint density at radius 1 is 0.701 bits per heavy atom. The first-order valence-electron chi connectivity index (χ1n) is 24.8. The third-order valence-electron chi connectivity index (χ3n) is 11.5. The second-order valence-corrected chi connectivity index (χ2v) is 17.9. The molecule has 0 aliphatic carbocycles. The molecule has 0 bridgehead atoms. The molecule has 0 spiro atoms. The molecule has 0 aliphatic heterocycles. The first kappa shape index (κ1) is 55.4. The number of carbonyl (C=O) groups excluding carboxylic acids is 3. The molecule has 20 heteroatoms. The number of aromatic amines is 2. The van der Waals surface area contributed by atoms with E-state index < -0.39 is 5.97 Å². The van der Waals surface area contributed by atoms with E-state index >= 15 is 0 Å². The van der Waals surface area contributed by atoms with Crippen LogP contribution in [0.3, 0.4) is 0 Å². The lowest BCUT2D eigenvalue weighted by Gasteiger charge is -2.12. The van der Waals surface area contributed by atoms with Crippen LogP contribution in [0.5, 0.6) is 0 Å². The van der Waals surface area contributed by atoms with E-state index in [0.717, 1.165) is 73.6 Å². The minimum absolute atomic E-state index is 0.0722. The topological polar surface area (TPSA) is 270 Å². The second kappa shape index (κ2) is 26.7. The van der Waals surface area contributed by atoms with Crippen molar-refractivity contribution in [2.24, 2.45) is 0 Å². The number of ether oxygens (including phenoxy) is 1. The van der Waals surface area contributed by atoms with Gasteiger partial charge in [0, 0.05) is 85.6 Å². The number of anilines is 2. The van der Waals surface area contributed by atoms with Gasteiger partial charge in [-0.25, -0.2) is 19.6 Å². The summed E-state index contributed by atoms with van der Waals surface area (Å²) in [7, 11) is 5.91. The molecule has 6 aromatic heterocycles. The molecular weight excluding hydrogens is 977 g/mol. The van der Waals surface area contributed by atoms with Gasteiger partial charge in [-0.05, 0) is 142 Å². The Hall–Kier alpha value is -9.40. The smallest absolute Gasteiger partial charge is 0.321 e. The van der Waals surface area contributed by atoms with Gasteiger partial charge in [0.15, 0.2) is 0 Å². The summed E-state index contributed by atoms with van der Waals surface area (Å²) in [6, 6.07) is 18.8. The van der Waals surface area contributed by atoms with Crippen LogP contribution < -0.4 is 26.6 Å². The Bertz CT molecular complexity index is 3470. The normalized spacial score (nSPS) is 11.3. The maximum Gasteiger partial charge on any atom is 0.321 e. The molecule has 0 unspecified atom stereocenters. The van der Waals surface area contributed by atoms with Crippen molar-refractivity contribution in [1.82, 2.24) is 60.7 Å². The van der Waals surface area contributed by atoms with Crippen LogP contribution in [0.25, 0.3) is 66.8 Å². The van der Waals surface area contributed by atoms with Gasteiger partial charge in [-0.15, -0.1) is 0 Å². The van der Waals surface area contributed by atoms with Gasteiger partial charge in [0.05, 0.1) is 46.3 Å². The Kier molecular flexibility index (Phi) is 19.2. The summed E-state index contributed by atoms with van der Waals surface area (Å²) in [6.07, 6.45) is 17.4. The number of carbonyl (C=O) groups is 4. The van der Waals surface area contributed by atoms with Crippen molar-refractivity contribution in [2.45, 2.75) is 46.7 Å². The number of allylic oxidation sites excluding steroid dienone is 3. The minimum atomic E-state index is -0.921. The summed E-state index contributed by atoms with van der Waals surface area (Å²) in [5.74, 6) is -0.653. The summed E-state index contributed by atoms with van der Waals surface area (Å²) in [5.41, 5.74) is 13.3. The van der Waals surface area contributed by atoms with Crippen LogP contribution in [0.2, 0.25) is 0 Å². The number of rotatable bonds is 20. The number of urea groups is 2. The van der Waals surface area contributed by atoms with E-state index in [1.54, 1.807) is 49.3 Å². The molecule has 0 aliphatic rings. The molecule has 0 saturated carbocycles. The summed E-state index contributed by atoms with van der Waals surface area (Å²) < 4.78 is 5.46. The lowest BCUT2D eigenvalue weighted by atomic mass is 9.99. The van der Waals surface area contributed by atoms with Crippen molar-refractivity contribution in [1.29, 1.82) is 0 Å². The van der Waals surface area contributed by atoms with Crippen molar-refractivity contribution in [2.75, 3.05) is 51.5 Å². The van der Waals surface area contributed by atoms with Gasteiger partial charge in [-0.3, -0.25) is 40.2 Å². The Morgan fingerprint density at radius 2 is 1.23 bits per heavy atom. The minimum Gasteiger partial charge on any atom is -0.481 e. The number of hydrogen-bond donors (Lipinski definition) is 8. The molecule has 8 aromatic rings. The number of carboxylic acid groups (broad SMARTS) is 1. The molecule has 2 aromatic carbocycles. The zero-order valence-electron chi connectivity index (χ0n) is 43.8. The number of benzene rings is 2. The predicted molar refractivity (Wildman–Crippen MR) is 300 cm³/mol. The largest absolute Gasteiger partial charge is 0.481 e. The Balaban J connectivity index is 0.000000230. The van der Waals surface area contributed by atoms with Gasteiger partial charge < -0.3 is 40.7 Å². The first-order chi connectivity index (χ1) is 37.2. The number of imidazole rings is 2. The third kappa shape index (κ3) is 15.3. The van der Waals surface area contributed by atoms with E-state index in [9.17, 15) is 19.2 Å². The molecule has 0 atom stereocenters. The zero-order valence-corrected chi connectivity index (χ0v) is 43.8. The maximum absolute atomic E-state index is 12.6. The van der Waals surface area contributed by atoms with Crippen molar-refractivity contribution in [3.05, 3.63) is 157 Å². The lowest BCUT2D eigenvalue weighted by molar-refractivity contribution is -0.141. The highest BCUT2D eigenvalue weighted by atomic mass is 16.5. The summed E-state index contributed by atoms with van der Waals surface area (Å²) in [5, 5.41) is 23.1. The number of aliphatic carboxylic acids is 1. The van der Waals surface area contributed by atoms with E-state index in [0.29, 0.717) is 59.2 Å². The highest BCUT2D eigenvalue weighted by Gasteiger charge is 2.19. The number of pyridine rings is 4. The Morgan fingerprint density at radius 3 is 1.73 bits per heavy atom. The van der Waals surface area contributed by atoms with Crippen molar-refractivity contribution >= 4 is 58.0 Å². The number of nitrogens with one attached hydrogen (secondary N) is 7. The van der Waals surface area contributed by atoms with Crippen LogP contribution in [0.4, 0.5) is 21.5 Å². The fourth-order valence-corrected chi connectivity index (χ4v) is 8.16. The number of H-pyrrole nitrogens is 2. The van der Waals surface area contributed by atoms with Crippen LogP contribution >= 0.6 is 0 Å². The average Bonchev–Trinajstić information content (AvgIpc) is 4.01. The fraction of sp³-hybridized carbons (Fsp3) is 0.228. The monoisotopic (exact) mass is 1040 g/mol. The van der Waals surface area contributed by atoms with Crippen LogP contribution in [0.15, 0.2) is 134 Å². The van der Waals surface area contributed by atoms with E-state index in [1.807, 2.05) is 115 Å². The standard InChI is InChI=1S/C33H37N7O3.C24H25N7O3/c1-6-9-10-22(7-2)21-43-30(41)15-24-13-26(19-34-18-24)25-16-27(28-14-23(11-12-36-28)20-40(4)5)31-29(17-25)37-32(38-31)39-33(42)35-8-3;1-3-27-24(34)31-23-29-20-10-16(17-6-15(8-21(32)33)12-26-13-17)9-18(22(20)30-23)19-7-14(11-25-2)4-5-28-19/h6-7,9-14,16-19H,2,8,15,20-21H2,1,3-5H3,(H3,35,37,38,39,42);4-7,9-10,12-13,25H,3,8,11H2,1-2H3,(H,32,33)(H3,27,29,30,31,34)/b9-6-,22-10+;. The summed E-state index contributed by atoms with van der Waals surface area (Å²) >= 11 is 0. The lowest BCUT2D eigenvalue weighted by Crippen LogP contribution is -2.28. The van der Waals surface area contributed by atoms with Crippen LogP contribution in [-0.4, -0.2) is 115 Å². The summed E-state index contributed by atoms with van der Waals surface area (Å²) in [4.78, 5) is 83.6. The summed E-state index contributed by atoms with van der Waals surface area (Å²) in [6.45, 7) is 11.9. The van der Waals surface area contributed by atoms with Crippen LogP contribution in [0, 0.1) is 0 Å². The molecular formula is C57H62N14O6. The number of carboxylic acids is 1. The van der Waals surface area contributed by atoms with E-state index in [-0.39, 0.29) is 37.5 Å². The van der Waals surface area contributed by atoms with E-state index in [1.165, 1.54) is 0 Å². The van der Waals surface area contributed by atoms with Crippen LogP contribution in [-0.2, 0) is 40.3 Å².